The molecule has 4 rings (SSSR count). The quantitative estimate of drug-likeness (QED) is 0.649. The minimum Gasteiger partial charge on any atom is -0.344 e. The van der Waals surface area contributed by atoms with Gasteiger partial charge >= 0.3 is 0 Å². The van der Waals surface area contributed by atoms with E-state index in [0.29, 0.717) is 5.37 Å². The molecule has 4 saturated heterocycles. The van der Waals surface area contributed by atoms with Gasteiger partial charge in [0.2, 0.25) is 0 Å². The molecular weight excluding hydrogens is 190 g/mol. The summed E-state index contributed by atoms with van der Waals surface area (Å²) in [7, 11) is 0. The molecule has 68 valence electrons. The molecule has 4 heterocycles. The van der Waals surface area contributed by atoms with Gasteiger partial charge in [0.25, 0.3) is 0 Å². The van der Waals surface area contributed by atoms with Gasteiger partial charge in [0, 0.05) is 12.8 Å². The van der Waals surface area contributed by atoms with E-state index in [1.165, 1.54) is 0 Å². The van der Waals surface area contributed by atoms with Crippen LogP contribution in [-0.4, -0.2) is 20.6 Å². The Morgan fingerprint density at radius 3 is 2.83 bits per heavy atom. The molecule has 1 N–H and O–H groups in total. The van der Waals surface area contributed by atoms with Crippen LogP contribution in [-0.2, 0) is 4.74 Å². The van der Waals surface area contributed by atoms with Crippen molar-refractivity contribution in [2.24, 2.45) is 0 Å². The lowest BCUT2D eigenvalue weighted by atomic mass is 10.1. The summed E-state index contributed by atoms with van der Waals surface area (Å²) in [5.41, 5.74) is -0.0289. The fourth-order valence-corrected chi connectivity index (χ4v) is 6.73. The van der Waals surface area contributed by atoms with E-state index in [1.807, 2.05) is 11.8 Å². The van der Waals surface area contributed by atoms with Gasteiger partial charge in [-0.3, -0.25) is 5.32 Å². The Bertz CT molecular complexity index is 199. The lowest BCUT2D eigenvalue weighted by Crippen LogP contribution is -2.66. The average Bonchev–Trinajstić information content (AvgIpc) is 1.75. The maximum atomic E-state index is 6.04. The van der Waals surface area contributed by atoms with Crippen LogP contribution in [0.3, 0.4) is 0 Å². The fourth-order valence-electron chi connectivity index (χ4n) is 2.43. The molecule has 4 atom stereocenters. The third-order valence-electron chi connectivity index (χ3n) is 2.72. The summed E-state index contributed by atoms with van der Waals surface area (Å²) in [6.45, 7) is 4.42. The van der Waals surface area contributed by atoms with Gasteiger partial charge in [-0.05, 0) is 13.8 Å². The first-order chi connectivity index (χ1) is 5.57. The van der Waals surface area contributed by atoms with Crippen LogP contribution in [0.1, 0.15) is 26.7 Å². The minimum absolute atomic E-state index is 0.0289. The number of thioether (sulfide) groups is 2. The molecule has 4 aliphatic rings. The molecule has 12 heavy (non-hydrogen) atoms. The van der Waals surface area contributed by atoms with Crippen LogP contribution in [0.25, 0.3) is 0 Å². The molecule has 4 bridgehead atoms. The summed E-state index contributed by atoms with van der Waals surface area (Å²) in [6, 6.07) is 0. The normalized spacial score (nSPS) is 62.5. The Balaban J connectivity index is 1.98. The average molecular weight is 203 g/mol. The Kier molecular flexibility index (Phi) is 1.44. The minimum atomic E-state index is -0.0289. The molecule has 0 amide bonds. The van der Waals surface area contributed by atoms with Gasteiger partial charge in [-0.1, -0.05) is 0 Å². The molecule has 4 heteroatoms. The van der Waals surface area contributed by atoms with Gasteiger partial charge in [-0.25, -0.2) is 0 Å². The number of hydrogen-bond donors (Lipinski definition) is 1. The molecule has 0 saturated carbocycles. The van der Waals surface area contributed by atoms with Gasteiger partial charge in [0.15, 0.2) is 0 Å². The highest BCUT2D eigenvalue weighted by Gasteiger charge is 2.55. The van der Waals surface area contributed by atoms with E-state index in [4.69, 9.17) is 4.74 Å². The van der Waals surface area contributed by atoms with E-state index >= 15 is 0 Å². The topological polar surface area (TPSA) is 21.3 Å². The van der Waals surface area contributed by atoms with E-state index in [9.17, 15) is 0 Å². The molecule has 0 radical (unpaired) electrons. The summed E-state index contributed by atoms with van der Waals surface area (Å²) in [4.78, 5) is 0.0961. The van der Waals surface area contributed by atoms with Crippen molar-refractivity contribution in [2.75, 3.05) is 0 Å². The van der Waals surface area contributed by atoms with E-state index < -0.39 is 0 Å². The largest absolute Gasteiger partial charge is 0.344 e. The Morgan fingerprint density at radius 2 is 2.25 bits per heavy atom. The van der Waals surface area contributed by atoms with E-state index in [-0.39, 0.29) is 10.7 Å². The monoisotopic (exact) mass is 203 g/mol. The van der Waals surface area contributed by atoms with Crippen molar-refractivity contribution < 1.29 is 4.74 Å². The van der Waals surface area contributed by atoms with Crippen LogP contribution in [0, 0.1) is 0 Å². The third-order valence-corrected chi connectivity index (χ3v) is 5.60. The van der Waals surface area contributed by atoms with Crippen LogP contribution < -0.4 is 5.32 Å². The Labute approximate surface area is 81.2 Å². The summed E-state index contributed by atoms with van der Waals surface area (Å²) in [5, 5.41) is 4.18. The highest BCUT2D eigenvalue weighted by atomic mass is 32.2. The fraction of sp³-hybridized carbons (Fsp3) is 1.00. The Morgan fingerprint density at radius 1 is 1.42 bits per heavy atom. The second-order valence-corrected chi connectivity index (χ2v) is 7.57. The molecule has 0 aliphatic carbocycles. The van der Waals surface area contributed by atoms with Crippen LogP contribution in [0.4, 0.5) is 0 Å². The number of hydrogen-bond acceptors (Lipinski definition) is 4. The van der Waals surface area contributed by atoms with E-state index in [2.05, 4.69) is 30.9 Å². The van der Waals surface area contributed by atoms with E-state index in [0.717, 1.165) is 17.4 Å². The maximum Gasteiger partial charge on any atom is 0.121 e. The van der Waals surface area contributed by atoms with Crippen molar-refractivity contribution in [3.63, 3.8) is 0 Å². The lowest BCUT2D eigenvalue weighted by molar-refractivity contribution is -0.158. The number of nitrogens with one attached hydrogen (secondary N) is 1. The van der Waals surface area contributed by atoms with Crippen molar-refractivity contribution in [1.29, 1.82) is 0 Å². The molecule has 4 aliphatic heterocycles. The van der Waals surface area contributed by atoms with Crippen molar-refractivity contribution in [1.82, 2.24) is 5.32 Å². The third kappa shape index (κ3) is 1.05. The highest BCUT2D eigenvalue weighted by Crippen LogP contribution is 2.58. The van der Waals surface area contributed by atoms with E-state index in [1.54, 1.807) is 0 Å². The molecule has 0 aromatic heterocycles. The molecule has 4 fully saturated rings. The van der Waals surface area contributed by atoms with Crippen LogP contribution in [0.15, 0.2) is 0 Å². The smallest absolute Gasteiger partial charge is 0.121 e. The first kappa shape index (κ1) is 7.97. The van der Waals surface area contributed by atoms with Gasteiger partial charge in [0.1, 0.15) is 10.7 Å². The molecule has 0 unspecified atom stereocenters. The van der Waals surface area contributed by atoms with Crippen LogP contribution in [0.2, 0.25) is 0 Å². The zero-order valence-corrected chi connectivity index (χ0v) is 8.93. The van der Waals surface area contributed by atoms with Gasteiger partial charge < -0.3 is 4.74 Å². The summed E-state index contributed by atoms with van der Waals surface area (Å²) >= 11 is 4.09. The number of ether oxygens (including phenoxy) is 1. The first-order valence-corrected chi connectivity index (χ1v) is 6.20. The van der Waals surface area contributed by atoms with Gasteiger partial charge in [0.05, 0.1) is 9.96 Å². The SMILES string of the molecule is C[C@@]12C[C@@H]3N[C@@](C)(C[C@@H](S3)S1)O2. The van der Waals surface area contributed by atoms with Gasteiger partial charge in [-0.15, -0.1) is 23.5 Å². The lowest BCUT2D eigenvalue weighted by Gasteiger charge is -2.59. The maximum absolute atomic E-state index is 6.04. The first-order valence-electron chi connectivity index (χ1n) is 4.38. The van der Waals surface area contributed by atoms with Gasteiger partial charge in [-0.2, -0.15) is 0 Å². The van der Waals surface area contributed by atoms with Crippen molar-refractivity contribution in [2.45, 2.75) is 47.3 Å². The van der Waals surface area contributed by atoms with Crippen molar-refractivity contribution in [3.8, 4) is 0 Å². The second kappa shape index (κ2) is 2.16. The van der Waals surface area contributed by atoms with Crippen molar-refractivity contribution >= 4 is 23.5 Å². The van der Waals surface area contributed by atoms with Crippen LogP contribution >= 0.6 is 23.5 Å². The predicted molar refractivity (Wildman–Crippen MR) is 53.0 cm³/mol. The second-order valence-electron chi connectivity index (χ2n) is 4.19. The summed E-state index contributed by atoms with van der Waals surface area (Å²) in [6.07, 6.45) is 2.29. The summed E-state index contributed by atoms with van der Waals surface area (Å²) < 4.78 is 6.79. The molecular formula is C8H13NOS2. The highest BCUT2D eigenvalue weighted by molar-refractivity contribution is 8.18. The van der Waals surface area contributed by atoms with Crippen molar-refractivity contribution in [3.05, 3.63) is 0 Å². The summed E-state index contributed by atoms with van der Waals surface area (Å²) in [5.74, 6) is 0. The standard InChI is InChI=1S/C8H13NOS2/c1-7-4-6-11-5(9-7)3-8(2,10-7)12-6/h5-6,9H,3-4H2,1-2H3/t5-,6+,7-,8+/m1/s1. The predicted octanol–water partition coefficient (Wildman–Crippen LogP) is 1.96. The zero-order valence-electron chi connectivity index (χ0n) is 7.29. The molecule has 0 aromatic carbocycles. The number of rotatable bonds is 0. The molecule has 2 nitrogen and oxygen atoms in total. The van der Waals surface area contributed by atoms with Crippen LogP contribution in [0.5, 0.6) is 0 Å². The zero-order chi connectivity index (χ0) is 8.40. The molecule has 0 spiro atoms. The Hall–Kier alpha value is 0.620. The molecule has 0 aromatic rings.